The van der Waals surface area contributed by atoms with E-state index in [0.29, 0.717) is 5.92 Å². The summed E-state index contributed by atoms with van der Waals surface area (Å²) in [5.74, 6) is 0.473. The lowest BCUT2D eigenvalue weighted by molar-refractivity contribution is 0.438. The highest BCUT2D eigenvalue weighted by Gasteiger charge is 2.22. The summed E-state index contributed by atoms with van der Waals surface area (Å²) in [6, 6.07) is 8.50. The Bertz CT molecular complexity index is 571. The van der Waals surface area contributed by atoms with Crippen LogP contribution >= 0.6 is 0 Å². The van der Waals surface area contributed by atoms with Crippen LogP contribution < -0.4 is 0 Å². The average molecular weight is 265 g/mol. The van der Waals surface area contributed by atoms with Gasteiger partial charge in [0.15, 0.2) is 0 Å². The van der Waals surface area contributed by atoms with Crippen LogP contribution in [-0.4, -0.2) is 5.71 Å². The normalized spacial score (nSPS) is 19.6. The quantitative estimate of drug-likeness (QED) is 0.711. The molecule has 2 aliphatic carbocycles. The van der Waals surface area contributed by atoms with Crippen molar-refractivity contribution in [3.05, 3.63) is 53.1 Å². The van der Waals surface area contributed by atoms with Gasteiger partial charge in [-0.25, -0.2) is 0 Å². The highest BCUT2D eigenvalue weighted by atomic mass is 14.5. The van der Waals surface area contributed by atoms with Crippen LogP contribution in [0.25, 0.3) is 5.57 Å². The zero-order valence-electron chi connectivity index (χ0n) is 12.3. The summed E-state index contributed by atoms with van der Waals surface area (Å²) >= 11 is 0. The SMILES string of the molecule is CC1=CCC(c2ccccc2C(=N)C2CCCCC2)=C1. The van der Waals surface area contributed by atoms with Gasteiger partial charge in [-0.05, 0) is 37.3 Å². The molecule has 0 spiro atoms. The van der Waals surface area contributed by atoms with E-state index in [1.54, 1.807) is 0 Å². The molecule has 0 heterocycles. The van der Waals surface area contributed by atoms with Gasteiger partial charge in [0.2, 0.25) is 0 Å². The van der Waals surface area contributed by atoms with Gasteiger partial charge in [0.05, 0.1) is 0 Å². The van der Waals surface area contributed by atoms with Gasteiger partial charge in [-0.1, -0.05) is 61.3 Å². The van der Waals surface area contributed by atoms with Gasteiger partial charge < -0.3 is 5.41 Å². The fourth-order valence-electron chi connectivity index (χ4n) is 3.46. The van der Waals surface area contributed by atoms with Crippen LogP contribution in [0.3, 0.4) is 0 Å². The van der Waals surface area contributed by atoms with Crippen LogP contribution in [-0.2, 0) is 0 Å². The van der Waals surface area contributed by atoms with Crippen molar-refractivity contribution in [2.75, 3.05) is 0 Å². The smallest absolute Gasteiger partial charge is 0.0423 e. The number of hydrogen-bond donors (Lipinski definition) is 1. The van der Waals surface area contributed by atoms with Crippen molar-refractivity contribution in [3.8, 4) is 0 Å². The molecule has 1 fully saturated rings. The zero-order valence-corrected chi connectivity index (χ0v) is 12.3. The van der Waals surface area contributed by atoms with E-state index in [1.807, 2.05) is 0 Å². The molecule has 1 aromatic rings. The topological polar surface area (TPSA) is 23.9 Å². The maximum absolute atomic E-state index is 8.64. The lowest BCUT2D eigenvalue weighted by Crippen LogP contribution is -2.19. The van der Waals surface area contributed by atoms with E-state index in [0.717, 1.165) is 17.7 Å². The minimum absolute atomic E-state index is 0.473. The number of rotatable bonds is 3. The van der Waals surface area contributed by atoms with E-state index < -0.39 is 0 Å². The van der Waals surface area contributed by atoms with Crippen molar-refractivity contribution in [2.45, 2.75) is 45.4 Å². The molecule has 1 N–H and O–H groups in total. The van der Waals surface area contributed by atoms with E-state index in [2.05, 4.69) is 43.3 Å². The molecule has 104 valence electrons. The standard InChI is InChI=1S/C19H23N/c1-14-11-12-16(13-14)17-9-5-6-10-18(17)19(20)15-7-3-2-4-8-15/h5-6,9-11,13,15,20H,2-4,7-8,12H2,1H3. The monoisotopic (exact) mass is 265 g/mol. The van der Waals surface area contributed by atoms with Gasteiger partial charge in [-0.2, -0.15) is 0 Å². The molecule has 0 aliphatic heterocycles. The van der Waals surface area contributed by atoms with Crippen molar-refractivity contribution in [2.24, 2.45) is 5.92 Å². The molecule has 1 saturated carbocycles. The Labute approximate surface area is 121 Å². The first-order chi connectivity index (χ1) is 9.75. The molecule has 0 bridgehead atoms. The molecular formula is C19H23N. The van der Waals surface area contributed by atoms with Crippen LogP contribution in [0.5, 0.6) is 0 Å². The van der Waals surface area contributed by atoms with E-state index in [9.17, 15) is 0 Å². The number of hydrogen-bond acceptors (Lipinski definition) is 1. The van der Waals surface area contributed by atoms with E-state index in [-0.39, 0.29) is 0 Å². The third kappa shape index (κ3) is 2.63. The predicted molar refractivity (Wildman–Crippen MR) is 86.2 cm³/mol. The molecule has 0 aromatic heterocycles. The first-order valence-corrected chi connectivity index (χ1v) is 7.81. The van der Waals surface area contributed by atoms with E-state index in [4.69, 9.17) is 5.41 Å². The molecule has 0 unspecified atom stereocenters. The molecule has 0 amide bonds. The van der Waals surface area contributed by atoms with Gasteiger partial charge in [-0.3, -0.25) is 0 Å². The average Bonchev–Trinajstić information content (AvgIpc) is 2.94. The Balaban J connectivity index is 1.90. The van der Waals surface area contributed by atoms with Gasteiger partial charge >= 0.3 is 0 Å². The Hall–Kier alpha value is -1.63. The van der Waals surface area contributed by atoms with E-state index in [1.165, 1.54) is 48.8 Å². The van der Waals surface area contributed by atoms with Crippen LogP contribution in [0.4, 0.5) is 0 Å². The molecule has 2 aliphatic rings. The largest absolute Gasteiger partial charge is 0.304 e. The first kappa shape index (κ1) is 13.4. The summed E-state index contributed by atoms with van der Waals surface area (Å²) in [6.07, 6.45) is 11.9. The second kappa shape index (κ2) is 5.78. The van der Waals surface area contributed by atoms with Gasteiger partial charge in [0.25, 0.3) is 0 Å². The Morgan fingerprint density at radius 3 is 2.55 bits per heavy atom. The first-order valence-electron chi connectivity index (χ1n) is 7.81. The maximum Gasteiger partial charge on any atom is 0.0423 e. The van der Waals surface area contributed by atoms with Crippen molar-refractivity contribution < 1.29 is 0 Å². The summed E-state index contributed by atoms with van der Waals surface area (Å²) in [5.41, 5.74) is 6.02. The summed E-state index contributed by atoms with van der Waals surface area (Å²) in [4.78, 5) is 0. The summed E-state index contributed by atoms with van der Waals surface area (Å²) in [6.45, 7) is 2.15. The minimum atomic E-state index is 0.473. The van der Waals surface area contributed by atoms with Crippen molar-refractivity contribution in [1.82, 2.24) is 0 Å². The van der Waals surface area contributed by atoms with Crippen LogP contribution in [0.2, 0.25) is 0 Å². The minimum Gasteiger partial charge on any atom is -0.304 e. The molecule has 3 rings (SSSR count). The molecule has 0 atom stereocenters. The predicted octanol–water partition coefficient (Wildman–Crippen LogP) is 5.37. The van der Waals surface area contributed by atoms with Crippen LogP contribution in [0.1, 0.15) is 56.6 Å². The fraction of sp³-hybridized carbons (Fsp3) is 0.421. The lowest BCUT2D eigenvalue weighted by atomic mass is 9.81. The lowest BCUT2D eigenvalue weighted by Gasteiger charge is -2.24. The zero-order chi connectivity index (χ0) is 13.9. The van der Waals surface area contributed by atoms with Crippen molar-refractivity contribution in [3.63, 3.8) is 0 Å². The van der Waals surface area contributed by atoms with E-state index >= 15 is 0 Å². The second-order valence-corrected chi connectivity index (χ2v) is 6.12. The molecular weight excluding hydrogens is 242 g/mol. The van der Waals surface area contributed by atoms with Gasteiger partial charge in [-0.15, -0.1) is 0 Å². The van der Waals surface area contributed by atoms with Crippen molar-refractivity contribution >= 4 is 11.3 Å². The highest BCUT2D eigenvalue weighted by molar-refractivity contribution is 6.04. The number of benzene rings is 1. The third-order valence-electron chi connectivity index (χ3n) is 4.62. The molecule has 20 heavy (non-hydrogen) atoms. The molecule has 0 radical (unpaired) electrons. The Morgan fingerprint density at radius 2 is 1.85 bits per heavy atom. The van der Waals surface area contributed by atoms with Crippen LogP contribution in [0, 0.1) is 11.3 Å². The summed E-state index contributed by atoms with van der Waals surface area (Å²) in [5, 5.41) is 8.64. The summed E-state index contributed by atoms with van der Waals surface area (Å²) in [7, 11) is 0. The van der Waals surface area contributed by atoms with Gasteiger partial charge in [0.1, 0.15) is 0 Å². The second-order valence-electron chi connectivity index (χ2n) is 6.12. The molecule has 1 aromatic carbocycles. The Morgan fingerprint density at radius 1 is 1.10 bits per heavy atom. The number of nitrogens with one attached hydrogen (secondary N) is 1. The maximum atomic E-state index is 8.64. The van der Waals surface area contributed by atoms with Gasteiger partial charge in [0, 0.05) is 17.2 Å². The molecule has 1 nitrogen and oxygen atoms in total. The highest BCUT2D eigenvalue weighted by Crippen LogP contribution is 2.33. The number of allylic oxidation sites excluding steroid dienone is 4. The fourth-order valence-corrected chi connectivity index (χ4v) is 3.46. The molecule has 0 saturated heterocycles. The van der Waals surface area contributed by atoms with Crippen LogP contribution in [0.15, 0.2) is 42.0 Å². The summed E-state index contributed by atoms with van der Waals surface area (Å²) < 4.78 is 0. The third-order valence-corrected chi connectivity index (χ3v) is 4.62. The molecule has 1 heteroatoms. The Kier molecular flexibility index (Phi) is 3.86. The van der Waals surface area contributed by atoms with Crippen molar-refractivity contribution in [1.29, 1.82) is 5.41 Å².